The smallest absolute Gasteiger partial charge is 0.296 e. The van der Waals surface area contributed by atoms with Gasteiger partial charge in [-0.25, -0.2) is 8.42 Å². The fourth-order valence-corrected chi connectivity index (χ4v) is 6.09. The number of ether oxygens (including phenoxy) is 1. The van der Waals surface area contributed by atoms with Crippen molar-refractivity contribution in [3.05, 3.63) is 34.4 Å². The average Bonchev–Trinajstić information content (AvgIpc) is 3.49. The quantitative estimate of drug-likeness (QED) is 0.426. The van der Waals surface area contributed by atoms with Gasteiger partial charge in [0.1, 0.15) is 11.8 Å². The predicted molar refractivity (Wildman–Crippen MR) is 130 cm³/mol. The molecule has 1 aliphatic carbocycles. The zero-order valence-electron chi connectivity index (χ0n) is 20.0. The lowest BCUT2D eigenvalue weighted by Crippen LogP contribution is -2.45. The van der Waals surface area contributed by atoms with Gasteiger partial charge in [0.25, 0.3) is 5.56 Å². The van der Waals surface area contributed by atoms with E-state index in [9.17, 15) is 18.0 Å². The molecule has 2 fully saturated rings. The van der Waals surface area contributed by atoms with E-state index in [0.717, 1.165) is 38.5 Å². The third-order valence-electron chi connectivity index (χ3n) is 6.67. The molecule has 0 radical (unpaired) electrons. The van der Waals surface area contributed by atoms with Gasteiger partial charge in [-0.2, -0.15) is 9.24 Å². The number of carbonyl (C=O) groups is 1. The van der Waals surface area contributed by atoms with Crippen molar-refractivity contribution in [3.8, 4) is 17.1 Å². The molecule has 2 aliphatic rings. The van der Waals surface area contributed by atoms with Crippen LogP contribution in [0.2, 0.25) is 0 Å². The van der Waals surface area contributed by atoms with Gasteiger partial charge < -0.3 is 15.0 Å². The van der Waals surface area contributed by atoms with E-state index in [1.165, 1.54) is 22.7 Å². The zero-order chi connectivity index (χ0) is 25.3. The SMILES string of the molecule is CCOc1ccc(S(=O)(=O)NC2CCCCNC2=O)cc1-c1nn2c(C3CCCC3)nnc2c(=O)[nH]1. The van der Waals surface area contributed by atoms with E-state index >= 15 is 0 Å². The maximum Gasteiger partial charge on any atom is 0.296 e. The van der Waals surface area contributed by atoms with Crippen LogP contribution in [0.5, 0.6) is 5.75 Å². The van der Waals surface area contributed by atoms with E-state index in [4.69, 9.17) is 4.74 Å². The molecular weight excluding hydrogens is 486 g/mol. The van der Waals surface area contributed by atoms with Gasteiger partial charge in [-0.1, -0.05) is 12.8 Å². The minimum absolute atomic E-state index is 0.0690. The van der Waals surface area contributed by atoms with Crippen LogP contribution in [0.4, 0.5) is 0 Å². The Balaban J connectivity index is 1.57. The second kappa shape index (κ2) is 9.97. The van der Waals surface area contributed by atoms with Crippen molar-refractivity contribution in [2.45, 2.75) is 68.7 Å². The number of hydrogen-bond acceptors (Lipinski definition) is 8. The first-order valence-electron chi connectivity index (χ1n) is 12.3. The maximum absolute atomic E-state index is 13.2. The molecule has 1 aliphatic heterocycles. The van der Waals surface area contributed by atoms with E-state index in [1.54, 1.807) is 6.92 Å². The van der Waals surface area contributed by atoms with Gasteiger partial charge in [0.2, 0.25) is 21.6 Å². The van der Waals surface area contributed by atoms with Crippen molar-refractivity contribution in [2.75, 3.05) is 13.2 Å². The molecule has 1 amide bonds. The Bertz CT molecular complexity index is 1440. The standard InChI is InChI=1S/C23H29N7O5S/c1-2-35-18-11-10-15(36(33,34)29-17-9-5-6-12-24-22(17)31)13-16(18)19-25-23(32)21-27-26-20(30(21)28-19)14-7-3-4-8-14/h10-11,13-14,17,29H,2-9,12H2,1H3,(H,24,31)(H,25,28,32). The molecule has 1 unspecified atom stereocenters. The van der Waals surface area contributed by atoms with Gasteiger partial charge in [0, 0.05) is 12.5 Å². The topological polar surface area (TPSA) is 160 Å². The molecule has 3 heterocycles. The number of nitrogens with zero attached hydrogens (tertiary/aromatic N) is 4. The molecular formula is C23H29N7O5S. The predicted octanol–water partition coefficient (Wildman–Crippen LogP) is 1.48. The van der Waals surface area contributed by atoms with Crippen LogP contribution in [0.15, 0.2) is 27.9 Å². The van der Waals surface area contributed by atoms with E-state index in [1.807, 2.05) is 0 Å². The van der Waals surface area contributed by atoms with Crippen molar-refractivity contribution in [1.29, 1.82) is 0 Å². The number of H-pyrrole nitrogens is 1. The summed E-state index contributed by atoms with van der Waals surface area (Å²) in [5.74, 6) is 0.944. The number of aromatic nitrogens is 5. The fraction of sp³-hybridized carbons (Fsp3) is 0.522. The van der Waals surface area contributed by atoms with E-state index < -0.39 is 21.6 Å². The number of sulfonamides is 1. The van der Waals surface area contributed by atoms with Crippen LogP contribution in [0, 0.1) is 0 Å². The number of fused-ring (bicyclic) bond motifs is 1. The van der Waals surface area contributed by atoms with Crippen LogP contribution in [0.25, 0.3) is 17.0 Å². The lowest BCUT2D eigenvalue weighted by Gasteiger charge is -2.17. The third kappa shape index (κ3) is 4.72. The normalized spacial score (nSPS) is 19.4. The summed E-state index contributed by atoms with van der Waals surface area (Å²) < 4.78 is 36.1. The van der Waals surface area contributed by atoms with Gasteiger partial charge in [0.05, 0.1) is 17.1 Å². The highest BCUT2D eigenvalue weighted by Gasteiger charge is 2.28. The first-order valence-corrected chi connectivity index (χ1v) is 13.8. The van der Waals surface area contributed by atoms with Crippen LogP contribution >= 0.6 is 0 Å². The van der Waals surface area contributed by atoms with Gasteiger partial charge in [0.15, 0.2) is 11.6 Å². The van der Waals surface area contributed by atoms with Crippen molar-refractivity contribution in [3.63, 3.8) is 0 Å². The Morgan fingerprint density at radius 1 is 1.11 bits per heavy atom. The summed E-state index contributed by atoms with van der Waals surface area (Å²) in [4.78, 5) is 27.8. The summed E-state index contributed by atoms with van der Waals surface area (Å²) in [7, 11) is -4.05. The summed E-state index contributed by atoms with van der Waals surface area (Å²) in [6.07, 6.45) is 5.99. The molecule has 1 saturated carbocycles. The van der Waals surface area contributed by atoms with E-state index in [-0.39, 0.29) is 28.2 Å². The van der Waals surface area contributed by atoms with Crippen LogP contribution in [-0.4, -0.2) is 58.3 Å². The monoisotopic (exact) mass is 515 g/mol. The molecule has 192 valence electrons. The fourth-order valence-electron chi connectivity index (χ4n) is 4.83. The molecule has 3 aromatic rings. The van der Waals surface area contributed by atoms with Crippen LogP contribution in [0.1, 0.15) is 63.6 Å². The Labute approximate surface area is 207 Å². The molecule has 0 bridgehead atoms. The lowest BCUT2D eigenvalue weighted by atomic mass is 10.1. The van der Waals surface area contributed by atoms with Crippen LogP contribution in [-0.2, 0) is 14.8 Å². The van der Waals surface area contributed by atoms with Crippen LogP contribution < -0.4 is 20.3 Å². The third-order valence-corrected chi connectivity index (χ3v) is 8.14. The summed E-state index contributed by atoms with van der Waals surface area (Å²) in [6, 6.07) is 3.47. The lowest BCUT2D eigenvalue weighted by molar-refractivity contribution is -0.122. The zero-order valence-corrected chi connectivity index (χ0v) is 20.8. The summed E-state index contributed by atoms with van der Waals surface area (Å²) in [5, 5.41) is 15.6. The largest absolute Gasteiger partial charge is 0.493 e. The Morgan fingerprint density at radius 2 is 1.89 bits per heavy atom. The highest BCUT2D eigenvalue weighted by atomic mass is 32.2. The first-order chi connectivity index (χ1) is 17.4. The van der Waals surface area contributed by atoms with Crippen molar-refractivity contribution < 1.29 is 17.9 Å². The highest BCUT2D eigenvalue weighted by molar-refractivity contribution is 7.89. The molecule has 0 spiro atoms. The molecule has 3 N–H and O–H groups in total. The molecule has 36 heavy (non-hydrogen) atoms. The van der Waals surface area contributed by atoms with E-state index in [0.29, 0.717) is 36.7 Å². The Kier molecular flexibility index (Phi) is 6.75. The number of rotatable bonds is 7. The summed E-state index contributed by atoms with van der Waals surface area (Å²) >= 11 is 0. The molecule has 12 nitrogen and oxygen atoms in total. The highest BCUT2D eigenvalue weighted by Crippen LogP contribution is 2.34. The molecule has 1 aromatic carbocycles. The van der Waals surface area contributed by atoms with Crippen LogP contribution in [0.3, 0.4) is 0 Å². The van der Waals surface area contributed by atoms with Gasteiger partial charge in [-0.15, -0.1) is 15.3 Å². The first kappa shape index (κ1) is 24.4. The van der Waals surface area contributed by atoms with Gasteiger partial charge in [-0.3, -0.25) is 9.59 Å². The minimum atomic E-state index is -4.05. The number of nitrogens with one attached hydrogen (secondary N) is 3. The van der Waals surface area contributed by atoms with Gasteiger partial charge >= 0.3 is 0 Å². The number of benzene rings is 1. The minimum Gasteiger partial charge on any atom is -0.493 e. The molecule has 1 atom stereocenters. The Hall–Kier alpha value is -3.32. The molecule has 2 aromatic heterocycles. The number of carbonyl (C=O) groups excluding carboxylic acids is 1. The number of aromatic amines is 1. The maximum atomic E-state index is 13.2. The average molecular weight is 516 g/mol. The summed E-state index contributed by atoms with van der Waals surface area (Å²) in [5.41, 5.74) is -0.0979. The second-order valence-corrected chi connectivity index (χ2v) is 10.8. The van der Waals surface area contributed by atoms with E-state index in [2.05, 4.69) is 30.3 Å². The van der Waals surface area contributed by atoms with Gasteiger partial charge in [-0.05, 0) is 57.2 Å². The molecule has 5 rings (SSSR count). The Morgan fingerprint density at radius 3 is 2.67 bits per heavy atom. The van der Waals surface area contributed by atoms with Crippen molar-refractivity contribution >= 4 is 21.6 Å². The number of hydrogen-bond donors (Lipinski definition) is 3. The number of amides is 1. The second-order valence-electron chi connectivity index (χ2n) is 9.13. The molecule has 13 heteroatoms. The van der Waals surface area contributed by atoms with Crippen molar-refractivity contribution in [1.82, 2.24) is 34.8 Å². The summed E-state index contributed by atoms with van der Waals surface area (Å²) in [6.45, 7) is 2.65. The molecule has 1 saturated heterocycles. The van der Waals surface area contributed by atoms with Crippen molar-refractivity contribution in [2.24, 2.45) is 0 Å².